The fourth-order valence-corrected chi connectivity index (χ4v) is 2.86. The average molecular weight is 396 g/mol. The lowest BCUT2D eigenvalue weighted by atomic mass is 9.93. The van der Waals surface area contributed by atoms with Crippen LogP contribution in [0.5, 0.6) is 0 Å². The molecular formula is C22H15F3N2O2. The van der Waals surface area contributed by atoms with E-state index in [0.717, 1.165) is 23.8 Å². The number of ether oxygens (including phenoxy) is 1. The van der Waals surface area contributed by atoms with Gasteiger partial charge in [0.1, 0.15) is 0 Å². The van der Waals surface area contributed by atoms with Crippen LogP contribution in [0, 0.1) is 18.3 Å². The number of aryl methyl sites for hydroxylation is 1. The highest BCUT2D eigenvalue weighted by Crippen LogP contribution is 2.35. The number of alkyl halides is 3. The fourth-order valence-electron chi connectivity index (χ4n) is 2.86. The van der Waals surface area contributed by atoms with Gasteiger partial charge in [0.2, 0.25) is 0 Å². The Hall–Kier alpha value is -3.66. The molecule has 0 spiro atoms. The second-order valence-corrected chi connectivity index (χ2v) is 6.38. The van der Waals surface area contributed by atoms with Crippen LogP contribution in [0.2, 0.25) is 0 Å². The molecule has 29 heavy (non-hydrogen) atoms. The maximum absolute atomic E-state index is 13.2. The van der Waals surface area contributed by atoms with Gasteiger partial charge in [-0.2, -0.15) is 18.4 Å². The van der Waals surface area contributed by atoms with Crippen molar-refractivity contribution >= 4 is 5.97 Å². The zero-order valence-electron chi connectivity index (χ0n) is 15.5. The standard InChI is InChI=1S/C22H15F3N2O2/c1-13-3-6-20(27-12-13)16-7-15(8-17(9-16)21(28)29-2)19-10-18(22(23,24)25)5-4-14(19)11-26/h3-10,12H,1-2H3. The molecule has 1 heterocycles. The lowest BCUT2D eigenvalue weighted by Gasteiger charge is -2.13. The normalized spacial score (nSPS) is 11.0. The topological polar surface area (TPSA) is 63.0 Å². The highest BCUT2D eigenvalue weighted by atomic mass is 19.4. The zero-order valence-corrected chi connectivity index (χ0v) is 15.5. The third-order valence-corrected chi connectivity index (χ3v) is 4.34. The van der Waals surface area contributed by atoms with Gasteiger partial charge in [-0.3, -0.25) is 4.98 Å². The Bertz CT molecular complexity index is 1110. The molecule has 0 aliphatic heterocycles. The number of esters is 1. The first-order valence-corrected chi connectivity index (χ1v) is 8.51. The number of nitriles is 1. The molecule has 7 heteroatoms. The lowest BCUT2D eigenvalue weighted by Crippen LogP contribution is -2.06. The van der Waals surface area contributed by atoms with E-state index in [2.05, 4.69) is 4.98 Å². The maximum Gasteiger partial charge on any atom is 0.416 e. The number of carbonyl (C=O) groups excluding carboxylic acids is 1. The van der Waals surface area contributed by atoms with E-state index in [4.69, 9.17) is 4.74 Å². The third-order valence-electron chi connectivity index (χ3n) is 4.34. The summed E-state index contributed by atoms with van der Waals surface area (Å²) < 4.78 is 44.4. The summed E-state index contributed by atoms with van der Waals surface area (Å²) in [7, 11) is 1.21. The van der Waals surface area contributed by atoms with Gasteiger partial charge < -0.3 is 4.74 Å². The predicted molar refractivity (Wildman–Crippen MR) is 101 cm³/mol. The number of aromatic nitrogens is 1. The summed E-state index contributed by atoms with van der Waals surface area (Å²) in [6.45, 7) is 1.87. The third kappa shape index (κ3) is 4.27. The molecule has 0 saturated carbocycles. The molecule has 0 amide bonds. The smallest absolute Gasteiger partial charge is 0.416 e. The Morgan fingerprint density at radius 3 is 2.38 bits per heavy atom. The molecule has 0 saturated heterocycles. The molecule has 0 atom stereocenters. The molecule has 0 unspecified atom stereocenters. The van der Waals surface area contributed by atoms with Crippen molar-refractivity contribution in [1.29, 1.82) is 5.26 Å². The molecule has 0 aliphatic rings. The number of methoxy groups -OCH3 is 1. The van der Waals surface area contributed by atoms with Crippen molar-refractivity contribution < 1.29 is 22.7 Å². The first kappa shape index (κ1) is 20.1. The van der Waals surface area contributed by atoms with E-state index >= 15 is 0 Å². The SMILES string of the molecule is COC(=O)c1cc(-c2ccc(C)cn2)cc(-c2cc(C(F)(F)F)ccc2C#N)c1. The number of nitrogens with zero attached hydrogens (tertiary/aromatic N) is 2. The van der Waals surface area contributed by atoms with Crippen molar-refractivity contribution in [2.24, 2.45) is 0 Å². The molecule has 2 aromatic carbocycles. The molecular weight excluding hydrogens is 381 g/mol. The summed E-state index contributed by atoms with van der Waals surface area (Å²) in [6.07, 6.45) is -2.92. The molecule has 0 fully saturated rings. The van der Waals surface area contributed by atoms with Crippen molar-refractivity contribution in [3.63, 3.8) is 0 Å². The first-order valence-electron chi connectivity index (χ1n) is 8.51. The van der Waals surface area contributed by atoms with Gasteiger partial charge in [0.25, 0.3) is 0 Å². The second kappa shape index (κ2) is 7.76. The van der Waals surface area contributed by atoms with Crippen molar-refractivity contribution in [3.8, 4) is 28.5 Å². The summed E-state index contributed by atoms with van der Waals surface area (Å²) in [5.74, 6) is -0.648. The Morgan fingerprint density at radius 2 is 1.79 bits per heavy atom. The van der Waals surface area contributed by atoms with Crippen LogP contribution >= 0.6 is 0 Å². The zero-order chi connectivity index (χ0) is 21.2. The minimum Gasteiger partial charge on any atom is -0.465 e. The van der Waals surface area contributed by atoms with E-state index in [1.165, 1.54) is 13.2 Å². The number of rotatable bonds is 3. The Balaban J connectivity index is 2.26. The van der Waals surface area contributed by atoms with E-state index in [-0.39, 0.29) is 22.3 Å². The van der Waals surface area contributed by atoms with Crippen LogP contribution in [-0.4, -0.2) is 18.1 Å². The Kier molecular flexibility index (Phi) is 5.37. The molecule has 0 N–H and O–H groups in total. The quantitative estimate of drug-likeness (QED) is 0.556. The number of benzene rings is 2. The van der Waals surface area contributed by atoms with E-state index in [0.29, 0.717) is 11.3 Å². The van der Waals surface area contributed by atoms with Crippen LogP contribution < -0.4 is 0 Å². The van der Waals surface area contributed by atoms with Crippen LogP contribution in [0.25, 0.3) is 22.4 Å². The molecule has 0 bridgehead atoms. The first-order chi connectivity index (χ1) is 13.7. The monoisotopic (exact) mass is 396 g/mol. The molecule has 3 rings (SSSR count). The number of hydrogen-bond acceptors (Lipinski definition) is 4. The van der Waals surface area contributed by atoms with Crippen molar-refractivity contribution in [1.82, 2.24) is 4.98 Å². The van der Waals surface area contributed by atoms with E-state index in [1.807, 2.05) is 19.1 Å². The van der Waals surface area contributed by atoms with Gasteiger partial charge in [-0.25, -0.2) is 4.79 Å². The van der Waals surface area contributed by atoms with Crippen LogP contribution in [0.1, 0.15) is 27.0 Å². The fraction of sp³-hybridized carbons (Fsp3) is 0.136. The van der Waals surface area contributed by atoms with Crippen LogP contribution in [0.15, 0.2) is 54.7 Å². The van der Waals surface area contributed by atoms with Crippen molar-refractivity contribution in [2.45, 2.75) is 13.1 Å². The highest BCUT2D eigenvalue weighted by Gasteiger charge is 2.31. The van der Waals surface area contributed by atoms with Gasteiger partial charge in [-0.1, -0.05) is 6.07 Å². The summed E-state index contributed by atoms with van der Waals surface area (Å²) in [4.78, 5) is 16.4. The summed E-state index contributed by atoms with van der Waals surface area (Å²) >= 11 is 0. The molecule has 146 valence electrons. The average Bonchev–Trinajstić information content (AvgIpc) is 2.72. The minimum atomic E-state index is -4.57. The van der Waals surface area contributed by atoms with E-state index in [1.54, 1.807) is 24.4 Å². The van der Waals surface area contributed by atoms with Gasteiger partial charge in [0, 0.05) is 17.3 Å². The highest BCUT2D eigenvalue weighted by molar-refractivity contribution is 5.93. The van der Waals surface area contributed by atoms with Crippen molar-refractivity contribution in [2.75, 3.05) is 7.11 Å². The molecule has 4 nitrogen and oxygen atoms in total. The predicted octanol–water partition coefficient (Wildman–Crippen LogP) is 5.40. The largest absolute Gasteiger partial charge is 0.465 e. The van der Waals surface area contributed by atoms with Crippen LogP contribution in [0.3, 0.4) is 0 Å². The Morgan fingerprint density at radius 1 is 1.07 bits per heavy atom. The summed E-state index contributed by atoms with van der Waals surface area (Å²) in [5, 5.41) is 9.38. The molecule has 0 aliphatic carbocycles. The second-order valence-electron chi connectivity index (χ2n) is 6.38. The van der Waals surface area contributed by atoms with E-state index in [9.17, 15) is 23.2 Å². The van der Waals surface area contributed by atoms with Crippen molar-refractivity contribution in [3.05, 3.63) is 77.0 Å². The van der Waals surface area contributed by atoms with Gasteiger partial charge in [-0.15, -0.1) is 0 Å². The number of halogens is 3. The van der Waals surface area contributed by atoms with Crippen LogP contribution in [-0.2, 0) is 10.9 Å². The number of hydrogen-bond donors (Lipinski definition) is 0. The number of carbonyl (C=O) groups is 1. The Labute approximate surface area is 165 Å². The lowest BCUT2D eigenvalue weighted by molar-refractivity contribution is -0.137. The summed E-state index contributed by atoms with van der Waals surface area (Å²) in [6, 6.07) is 12.9. The van der Waals surface area contributed by atoms with Gasteiger partial charge in [0.05, 0.1) is 35.6 Å². The molecule has 1 aromatic heterocycles. The van der Waals surface area contributed by atoms with E-state index < -0.39 is 17.7 Å². The summed E-state index contributed by atoms with van der Waals surface area (Å²) in [5.41, 5.74) is 1.66. The number of pyridine rings is 1. The molecule has 0 radical (unpaired) electrons. The van der Waals surface area contributed by atoms with Gasteiger partial charge in [0.15, 0.2) is 0 Å². The molecule has 3 aromatic rings. The van der Waals surface area contributed by atoms with Gasteiger partial charge >= 0.3 is 12.1 Å². The maximum atomic E-state index is 13.2. The minimum absolute atomic E-state index is 0.0582. The van der Waals surface area contributed by atoms with Crippen LogP contribution in [0.4, 0.5) is 13.2 Å². The van der Waals surface area contributed by atoms with Gasteiger partial charge in [-0.05, 0) is 60.5 Å².